The van der Waals surface area contributed by atoms with Crippen LogP contribution in [-0.2, 0) is 9.59 Å². The van der Waals surface area contributed by atoms with E-state index in [-0.39, 0.29) is 11.7 Å². The highest BCUT2D eigenvalue weighted by Gasteiger charge is 2.63. The molecule has 78 valence electrons. The van der Waals surface area contributed by atoms with Crippen LogP contribution >= 0.6 is 11.6 Å². The minimum absolute atomic E-state index is 0.0267. The third-order valence-corrected chi connectivity index (χ3v) is 3.48. The number of ketones is 1. The minimum atomic E-state index is -0.942. The fourth-order valence-electron chi connectivity index (χ4n) is 2.10. The summed E-state index contributed by atoms with van der Waals surface area (Å²) in [5, 5.41) is -0.524. The first kappa shape index (κ1) is 10.4. The number of carbonyl (C=O) groups excluding carboxylic acids is 2. The van der Waals surface area contributed by atoms with Gasteiger partial charge >= 0.3 is 0 Å². The molecule has 2 rings (SSSR count). The molecule has 1 aromatic rings. The van der Waals surface area contributed by atoms with Crippen molar-refractivity contribution < 1.29 is 9.59 Å². The van der Waals surface area contributed by atoms with Gasteiger partial charge in [-0.3, -0.25) is 9.59 Å². The summed E-state index contributed by atoms with van der Waals surface area (Å²) in [4.78, 5) is 22.7. The molecule has 0 N–H and O–H groups in total. The molecular weight excluding hydrogens is 212 g/mol. The molecule has 1 aromatic carbocycles. The Morgan fingerprint density at radius 3 is 2.33 bits per heavy atom. The molecule has 0 radical (unpaired) electrons. The number of halogens is 1. The van der Waals surface area contributed by atoms with E-state index in [1.54, 1.807) is 0 Å². The lowest BCUT2D eigenvalue weighted by atomic mass is 9.97. The Kier molecular flexibility index (Phi) is 2.39. The van der Waals surface area contributed by atoms with Gasteiger partial charge in [-0.25, -0.2) is 0 Å². The van der Waals surface area contributed by atoms with Crippen molar-refractivity contribution in [2.75, 3.05) is 0 Å². The van der Waals surface area contributed by atoms with E-state index in [0.717, 1.165) is 5.56 Å². The van der Waals surface area contributed by atoms with E-state index in [0.29, 0.717) is 6.42 Å². The standard InChI is InChI=1S/C12H11ClO2/c1-8(14)12(11(13)15)7-10(12)9-5-3-2-4-6-9/h2-6,10H,7H2,1H3. The molecule has 0 amide bonds. The van der Waals surface area contributed by atoms with Gasteiger partial charge in [0, 0.05) is 5.92 Å². The summed E-state index contributed by atoms with van der Waals surface area (Å²) in [7, 11) is 0. The molecule has 0 saturated heterocycles. The summed E-state index contributed by atoms with van der Waals surface area (Å²) in [6.07, 6.45) is 0.550. The van der Waals surface area contributed by atoms with E-state index < -0.39 is 10.7 Å². The highest BCUT2D eigenvalue weighted by atomic mass is 35.5. The van der Waals surface area contributed by atoms with E-state index in [1.807, 2.05) is 30.3 Å². The summed E-state index contributed by atoms with van der Waals surface area (Å²) >= 11 is 5.51. The van der Waals surface area contributed by atoms with Crippen LogP contribution in [0.25, 0.3) is 0 Å². The molecule has 3 heteroatoms. The summed E-state index contributed by atoms with van der Waals surface area (Å²) in [6.45, 7) is 1.43. The highest BCUT2D eigenvalue weighted by Crippen LogP contribution is 2.61. The second kappa shape index (κ2) is 3.46. The number of carbonyl (C=O) groups is 2. The summed E-state index contributed by atoms with van der Waals surface area (Å²) in [5.74, 6) is -0.155. The van der Waals surface area contributed by atoms with E-state index in [2.05, 4.69) is 0 Å². The minimum Gasteiger partial charge on any atom is -0.299 e. The lowest BCUT2D eigenvalue weighted by molar-refractivity contribution is -0.129. The molecule has 1 aliphatic rings. The Bertz CT molecular complexity index is 397. The molecule has 2 unspecified atom stereocenters. The van der Waals surface area contributed by atoms with Gasteiger partial charge in [0.25, 0.3) is 0 Å². The van der Waals surface area contributed by atoms with Crippen molar-refractivity contribution in [2.24, 2.45) is 5.41 Å². The van der Waals surface area contributed by atoms with Crippen molar-refractivity contribution in [3.05, 3.63) is 35.9 Å². The van der Waals surface area contributed by atoms with Crippen LogP contribution in [0.4, 0.5) is 0 Å². The molecule has 1 fully saturated rings. The Hall–Kier alpha value is -1.15. The van der Waals surface area contributed by atoms with Gasteiger partial charge in [0.2, 0.25) is 5.24 Å². The van der Waals surface area contributed by atoms with Crippen LogP contribution in [0.15, 0.2) is 30.3 Å². The quantitative estimate of drug-likeness (QED) is 0.582. The second-order valence-electron chi connectivity index (χ2n) is 3.97. The van der Waals surface area contributed by atoms with Gasteiger partial charge in [0.1, 0.15) is 11.2 Å². The van der Waals surface area contributed by atoms with Gasteiger partial charge in [-0.05, 0) is 30.5 Å². The fourth-order valence-corrected chi connectivity index (χ4v) is 2.44. The number of hydrogen-bond donors (Lipinski definition) is 0. The van der Waals surface area contributed by atoms with Crippen molar-refractivity contribution in [2.45, 2.75) is 19.3 Å². The third-order valence-electron chi connectivity index (χ3n) is 3.14. The molecule has 1 aliphatic carbocycles. The molecule has 0 heterocycles. The van der Waals surface area contributed by atoms with Gasteiger partial charge in [0.05, 0.1) is 0 Å². The van der Waals surface area contributed by atoms with E-state index in [4.69, 9.17) is 11.6 Å². The van der Waals surface area contributed by atoms with Crippen LogP contribution in [0.2, 0.25) is 0 Å². The van der Waals surface area contributed by atoms with Crippen molar-refractivity contribution >= 4 is 22.6 Å². The number of Topliss-reactive ketones (excluding diaryl/α,β-unsaturated/α-hetero) is 1. The maximum atomic E-state index is 11.4. The average Bonchev–Trinajstić information content (AvgIpc) is 2.95. The smallest absolute Gasteiger partial charge is 0.235 e. The first-order valence-corrected chi connectivity index (χ1v) is 5.23. The normalized spacial score (nSPS) is 28.5. The summed E-state index contributed by atoms with van der Waals surface area (Å²) < 4.78 is 0. The molecule has 2 nitrogen and oxygen atoms in total. The van der Waals surface area contributed by atoms with E-state index in [1.165, 1.54) is 6.92 Å². The SMILES string of the molecule is CC(=O)C1(C(=O)Cl)CC1c1ccccc1. The monoisotopic (exact) mass is 222 g/mol. The maximum Gasteiger partial charge on any atom is 0.235 e. The Labute approximate surface area is 93.2 Å². The zero-order valence-corrected chi connectivity index (χ0v) is 9.12. The number of rotatable bonds is 3. The fraction of sp³-hybridized carbons (Fsp3) is 0.333. The Morgan fingerprint density at radius 2 is 1.93 bits per heavy atom. The zero-order chi connectivity index (χ0) is 11.1. The number of hydrogen-bond acceptors (Lipinski definition) is 2. The van der Waals surface area contributed by atoms with Crippen molar-refractivity contribution in [1.29, 1.82) is 0 Å². The van der Waals surface area contributed by atoms with E-state index in [9.17, 15) is 9.59 Å². The second-order valence-corrected chi connectivity index (χ2v) is 4.31. The topological polar surface area (TPSA) is 34.1 Å². The predicted molar refractivity (Wildman–Crippen MR) is 57.8 cm³/mol. The van der Waals surface area contributed by atoms with Crippen molar-refractivity contribution in [1.82, 2.24) is 0 Å². The molecule has 15 heavy (non-hydrogen) atoms. The highest BCUT2D eigenvalue weighted by molar-refractivity contribution is 6.67. The van der Waals surface area contributed by atoms with Crippen LogP contribution in [0.1, 0.15) is 24.8 Å². The van der Waals surface area contributed by atoms with Gasteiger partial charge in [-0.1, -0.05) is 30.3 Å². The number of benzene rings is 1. The first-order chi connectivity index (χ1) is 7.09. The van der Waals surface area contributed by atoms with Gasteiger partial charge < -0.3 is 0 Å². The van der Waals surface area contributed by atoms with Crippen LogP contribution in [0.5, 0.6) is 0 Å². The van der Waals surface area contributed by atoms with Gasteiger partial charge in [-0.15, -0.1) is 0 Å². The molecule has 0 bridgehead atoms. The molecule has 2 atom stereocenters. The third kappa shape index (κ3) is 1.49. The van der Waals surface area contributed by atoms with Crippen molar-refractivity contribution in [3.8, 4) is 0 Å². The van der Waals surface area contributed by atoms with Crippen LogP contribution in [0, 0.1) is 5.41 Å². The maximum absolute atomic E-state index is 11.4. The summed E-state index contributed by atoms with van der Waals surface area (Å²) in [6, 6.07) is 9.56. The molecule has 1 saturated carbocycles. The molecule has 0 spiro atoms. The van der Waals surface area contributed by atoms with Crippen LogP contribution in [-0.4, -0.2) is 11.0 Å². The zero-order valence-electron chi connectivity index (χ0n) is 8.37. The Balaban J connectivity index is 2.31. The molecule has 0 aliphatic heterocycles. The lowest BCUT2D eigenvalue weighted by Crippen LogP contribution is -2.21. The lowest BCUT2D eigenvalue weighted by Gasteiger charge is -2.07. The molecular formula is C12H11ClO2. The van der Waals surface area contributed by atoms with E-state index >= 15 is 0 Å². The average molecular weight is 223 g/mol. The van der Waals surface area contributed by atoms with Crippen LogP contribution in [0.3, 0.4) is 0 Å². The Morgan fingerprint density at radius 1 is 1.33 bits per heavy atom. The van der Waals surface area contributed by atoms with Crippen LogP contribution < -0.4 is 0 Å². The van der Waals surface area contributed by atoms with Crippen molar-refractivity contribution in [3.63, 3.8) is 0 Å². The first-order valence-electron chi connectivity index (χ1n) is 4.85. The largest absolute Gasteiger partial charge is 0.299 e. The molecule has 0 aromatic heterocycles. The summed E-state index contributed by atoms with van der Waals surface area (Å²) in [5.41, 5.74) is 0.0739. The van der Waals surface area contributed by atoms with Gasteiger partial charge in [0.15, 0.2) is 0 Å². The van der Waals surface area contributed by atoms with Gasteiger partial charge in [-0.2, -0.15) is 0 Å². The predicted octanol–water partition coefficient (Wildman–Crippen LogP) is 2.51.